The van der Waals surface area contributed by atoms with Crippen molar-refractivity contribution in [1.82, 2.24) is 9.78 Å². The first-order valence-corrected chi connectivity index (χ1v) is 7.37. The van der Waals surface area contributed by atoms with Gasteiger partial charge in [0.15, 0.2) is 0 Å². The van der Waals surface area contributed by atoms with Gasteiger partial charge in [-0.05, 0) is 27.4 Å². The van der Waals surface area contributed by atoms with E-state index in [2.05, 4.69) is 32.5 Å². The standard InChI is InChI=1S/C12H16BrN3OS/c1-17-5-4-16-12(10(13)8-15-16)11(14)7-9-3-2-6-18-9/h2-3,6,8,11H,4-5,7,14H2,1H3. The Morgan fingerprint density at radius 3 is 3.11 bits per heavy atom. The lowest BCUT2D eigenvalue weighted by Gasteiger charge is -2.14. The van der Waals surface area contributed by atoms with Gasteiger partial charge in [-0.1, -0.05) is 6.07 Å². The number of nitrogens with two attached hydrogens (primary N) is 1. The van der Waals surface area contributed by atoms with Crippen LogP contribution in [0, 0.1) is 0 Å². The summed E-state index contributed by atoms with van der Waals surface area (Å²) in [5.41, 5.74) is 7.31. The van der Waals surface area contributed by atoms with Crippen LogP contribution in [0.2, 0.25) is 0 Å². The molecule has 2 N–H and O–H groups in total. The van der Waals surface area contributed by atoms with Crippen molar-refractivity contribution in [2.75, 3.05) is 13.7 Å². The van der Waals surface area contributed by atoms with Gasteiger partial charge in [0.1, 0.15) is 0 Å². The van der Waals surface area contributed by atoms with Gasteiger partial charge in [-0.25, -0.2) is 0 Å². The molecule has 0 bridgehead atoms. The number of methoxy groups -OCH3 is 1. The highest BCUT2D eigenvalue weighted by Gasteiger charge is 2.17. The van der Waals surface area contributed by atoms with Crippen LogP contribution in [0.5, 0.6) is 0 Å². The predicted octanol–water partition coefficient (Wildman–Crippen LogP) is 2.60. The van der Waals surface area contributed by atoms with Gasteiger partial charge in [0.2, 0.25) is 0 Å². The van der Waals surface area contributed by atoms with Crippen molar-refractivity contribution in [3.05, 3.63) is 38.8 Å². The van der Waals surface area contributed by atoms with Crippen molar-refractivity contribution in [2.45, 2.75) is 19.0 Å². The number of nitrogens with zero attached hydrogens (tertiary/aromatic N) is 2. The van der Waals surface area contributed by atoms with Crippen LogP contribution >= 0.6 is 27.3 Å². The number of thiophene rings is 1. The summed E-state index contributed by atoms with van der Waals surface area (Å²) in [6.07, 6.45) is 2.62. The Kier molecular flexibility index (Phi) is 4.94. The molecule has 2 heterocycles. The number of rotatable bonds is 6. The van der Waals surface area contributed by atoms with Gasteiger partial charge in [0.25, 0.3) is 0 Å². The third-order valence-corrected chi connectivity index (χ3v) is 4.20. The first-order valence-electron chi connectivity index (χ1n) is 5.70. The van der Waals surface area contributed by atoms with E-state index in [4.69, 9.17) is 10.5 Å². The second-order valence-electron chi connectivity index (χ2n) is 3.98. The maximum atomic E-state index is 6.28. The third kappa shape index (κ3) is 3.20. The van der Waals surface area contributed by atoms with Crippen LogP contribution in [0.4, 0.5) is 0 Å². The molecule has 1 unspecified atom stereocenters. The average molecular weight is 330 g/mol. The van der Waals surface area contributed by atoms with E-state index in [1.54, 1.807) is 24.6 Å². The first kappa shape index (κ1) is 13.7. The second-order valence-corrected chi connectivity index (χ2v) is 5.87. The summed E-state index contributed by atoms with van der Waals surface area (Å²) in [4.78, 5) is 1.29. The molecule has 0 aliphatic heterocycles. The maximum Gasteiger partial charge on any atom is 0.0698 e. The van der Waals surface area contributed by atoms with Crippen LogP contribution in [-0.4, -0.2) is 23.5 Å². The van der Waals surface area contributed by atoms with E-state index < -0.39 is 0 Å². The van der Waals surface area contributed by atoms with Crippen LogP contribution < -0.4 is 5.73 Å². The van der Waals surface area contributed by atoms with E-state index in [0.717, 1.165) is 23.1 Å². The quantitative estimate of drug-likeness (QED) is 0.886. The summed E-state index contributed by atoms with van der Waals surface area (Å²) in [6.45, 7) is 1.35. The number of ether oxygens (including phenoxy) is 1. The highest BCUT2D eigenvalue weighted by molar-refractivity contribution is 9.10. The minimum absolute atomic E-state index is 0.0580. The number of hydrogen-bond acceptors (Lipinski definition) is 4. The lowest BCUT2D eigenvalue weighted by molar-refractivity contribution is 0.182. The molecule has 2 aromatic heterocycles. The Labute approximate surface area is 119 Å². The van der Waals surface area contributed by atoms with Gasteiger partial charge in [0, 0.05) is 18.4 Å². The van der Waals surface area contributed by atoms with Gasteiger partial charge in [-0.2, -0.15) is 5.10 Å². The highest BCUT2D eigenvalue weighted by atomic mass is 79.9. The molecular formula is C12H16BrN3OS. The van der Waals surface area contributed by atoms with E-state index in [-0.39, 0.29) is 6.04 Å². The van der Waals surface area contributed by atoms with Crippen molar-refractivity contribution in [3.63, 3.8) is 0 Å². The summed E-state index contributed by atoms with van der Waals surface area (Å²) in [5, 5.41) is 6.39. The topological polar surface area (TPSA) is 53.1 Å². The van der Waals surface area contributed by atoms with E-state index in [9.17, 15) is 0 Å². The second kappa shape index (κ2) is 6.47. The minimum atomic E-state index is -0.0580. The van der Waals surface area contributed by atoms with Gasteiger partial charge < -0.3 is 10.5 Å². The number of aromatic nitrogens is 2. The molecule has 0 radical (unpaired) electrons. The normalized spacial score (nSPS) is 12.8. The van der Waals surface area contributed by atoms with Crippen molar-refractivity contribution in [1.29, 1.82) is 0 Å². The van der Waals surface area contributed by atoms with Gasteiger partial charge >= 0.3 is 0 Å². The molecule has 2 rings (SSSR count). The molecule has 0 amide bonds. The monoisotopic (exact) mass is 329 g/mol. The molecule has 0 aliphatic carbocycles. The highest BCUT2D eigenvalue weighted by Crippen LogP contribution is 2.25. The van der Waals surface area contributed by atoms with Gasteiger partial charge in [0.05, 0.1) is 35.6 Å². The van der Waals surface area contributed by atoms with Crippen LogP contribution in [-0.2, 0) is 17.7 Å². The predicted molar refractivity (Wildman–Crippen MR) is 76.8 cm³/mol. The fourth-order valence-corrected chi connectivity index (χ4v) is 3.19. The molecule has 0 spiro atoms. The summed E-state index contributed by atoms with van der Waals surface area (Å²) >= 11 is 5.24. The molecule has 0 saturated carbocycles. The molecule has 18 heavy (non-hydrogen) atoms. The lowest BCUT2D eigenvalue weighted by atomic mass is 10.1. The van der Waals surface area contributed by atoms with E-state index >= 15 is 0 Å². The zero-order valence-corrected chi connectivity index (χ0v) is 12.6. The Bertz CT molecular complexity index is 483. The zero-order valence-electron chi connectivity index (χ0n) is 10.2. The molecule has 6 heteroatoms. The molecular weight excluding hydrogens is 314 g/mol. The average Bonchev–Trinajstić information content (AvgIpc) is 2.96. The molecule has 0 aromatic carbocycles. The molecule has 0 aliphatic rings. The van der Waals surface area contributed by atoms with Crippen LogP contribution in [0.1, 0.15) is 16.6 Å². The third-order valence-electron chi connectivity index (χ3n) is 2.69. The largest absolute Gasteiger partial charge is 0.383 e. The fourth-order valence-electron chi connectivity index (χ4n) is 1.84. The Hall–Kier alpha value is -0.690. The molecule has 0 saturated heterocycles. The summed E-state index contributed by atoms with van der Waals surface area (Å²) in [7, 11) is 1.68. The minimum Gasteiger partial charge on any atom is -0.383 e. The number of halogens is 1. The van der Waals surface area contributed by atoms with E-state index in [0.29, 0.717) is 6.61 Å². The van der Waals surface area contributed by atoms with Gasteiger partial charge in [-0.3, -0.25) is 4.68 Å². The summed E-state index contributed by atoms with van der Waals surface area (Å²) in [5.74, 6) is 0. The molecule has 2 aromatic rings. The van der Waals surface area contributed by atoms with Crippen LogP contribution in [0.25, 0.3) is 0 Å². The summed E-state index contributed by atoms with van der Waals surface area (Å²) in [6, 6.07) is 4.09. The zero-order chi connectivity index (χ0) is 13.0. The molecule has 98 valence electrons. The van der Waals surface area contributed by atoms with Crippen LogP contribution in [0.15, 0.2) is 28.2 Å². The Morgan fingerprint density at radius 1 is 1.61 bits per heavy atom. The molecule has 4 nitrogen and oxygen atoms in total. The smallest absolute Gasteiger partial charge is 0.0698 e. The van der Waals surface area contributed by atoms with Crippen molar-refractivity contribution < 1.29 is 4.74 Å². The van der Waals surface area contributed by atoms with Crippen molar-refractivity contribution in [2.24, 2.45) is 5.73 Å². The molecule has 0 fully saturated rings. The van der Waals surface area contributed by atoms with Crippen LogP contribution in [0.3, 0.4) is 0 Å². The summed E-state index contributed by atoms with van der Waals surface area (Å²) < 4.78 is 7.95. The van der Waals surface area contributed by atoms with E-state index in [1.807, 2.05) is 10.7 Å². The molecule has 1 atom stereocenters. The van der Waals surface area contributed by atoms with E-state index in [1.165, 1.54) is 4.88 Å². The Morgan fingerprint density at radius 2 is 2.44 bits per heavy atom. The first-order chi connectivity index (χ1) is 8.72. The lowest BCUT2D eigenvalue weighted by Crippen LogP contribution is -2.20. The van der Waals surface area contributed by atoms with Gasteiger partial charge in [-0.15, -0.1) is 11.3 Å². The Balaban J connectivity index is 2.13. The number of hydrogen-bond donors (Lipinski definition) is 1. The van der Waals surface area contributed by atoms with Crippen molar-refractivity contribution in [3.8, 4) is 0 Å². The SMILES string of the molecule is COCCn1ncc(Br)c1C(N)Cc1cccs1. The van der Waals surface area contributed by atoms with Crippen molar-refractivity contribution >= 4 is 27.3 Å². The maximum absolute atomic E-state index is 6.28. The fraction of sp³-hybridized carbons (Fsp3) is 0.417.